The van der Waals surface area contributed by atoms with Crippen LogP contribution in [0.5, 0.6) is 5.75 Å². The van der Waals surface area contributed by atoms with Gasteiger partial charge >= 0.3 is 5.97 Å². The molecule has 0 aliphatic carbocycles. The summed E-state index contributed by atoms with van der Waals surface area (Å²) in [6.45, 7) is 3.95. The van der Waals surface area contributed by atoms with Crippen molar-refractivity contribution in [2.24, 2.45) is 0 Å². The zero-order valence-corrected chi connectivity index (χ0v) is 14.6. The van der Waals surface area contributed by atoms with E-state index in [1.54, 1.807) is 23.5 Å². The van der Waals surface area contributed by atoms with E-state index in [9.17, 15) is 4.79 Å². The molecule has 118 valence electrons. The smallest absolute Gasteiger partial charge is 0.325 e. The standard InChI is InChI=1S/C16H16ClNO2S.ClH/c1-11-2-3-14(13(17)8-11)20-16(19)10-18-6-4-15-12(9-18)5-7-21-15;/h2-3,5,7-8H,4,6,9-10H2,1H3;1H. The molecule has 0 amide bonds. The molecule has 3 nitrogen and oxygen atoms in total. The first-order valence-corrected chi connectivity index (χ1v) is 8.12. The Morgan fingerprint density at radius 2 is 2.23 bits per heavy atom. The quantitative estimate of drug-likeness (QED) is 0.611. The molecular weight excluding hydrogens is 341 g/mol. The molecule has 0 spiro atoms. The second kappa shape index (κ2) is 7.47. The number of thiophene rings is 1. The molecule has 1 aromatic carbocycles. The molecular formula is C16H17Cl2NO2S. The predicted octanol–water partition coefficient (Wildman–Crippen LogP) is 4.10. The third kappa shape index (κ3) is 4.02. The van der Waals surface area contributed by atoms with Crippen molar-refractivity contribution in [3.05, 3.63) is 50.7 Å². The largest absolute Gasteiger partial charge is 0.424 e. The molecule has 0 saturated heterocycles. The molecule has 0 fully saturated rings. The van der Waals surface area contributed by atoms with Crippen molar-refractivity contribution >= 4 is 41.3 Å². The van der Waals surface area contributed by atoms with Crippen LogP contribution >= 0.6 is 35.3 Å². The SMILES string of the molecule is Cc1ccc(OC(=O)CN2CCc3sccc3C2)c(Cl)c1.Cl. The maximum absolute atomic E-state index is 12.0. The number of aryl methyl sites for hydroxylation is 1. The minimum absolute atomic E-state index is 0. The predicted molar refractivity (Wildman–Crippen MR) is 92.4 cm³/mol. The fourth-order valence-corrected chi connectivity index (χ4v) is 3.63. The number of fused-ring (bicyclic) bond motifs is 1. The van der Waals surface area contributed by atoms with Crippen molar-refractivity contribution in [1.29, 1.82) is 0 Å². The van der Waals surface area contributed by atoms with Gasteiger partial charge in [-0.1, -0.05) is 17.7 Å². The number of hydrogen-bond donors (Lipinski definition) is 0. The van der Waals surface area contributed by atoms with Gasteiger partial charge < -0.3 is 4.74 Å². The molecule has 1 aliphatic heterocycles. The van der Waals surface area contributed by atoms with Crippen LogP contribution in [0.25, 0.3) is 0 Å². The van der Waals surface area contributed by atoms with Crippen LogP contribution < -0.4 is 4.74 Å². The van der Waals surface area contributed by atoms with Gasteiger partial charge in [0.15, 0.2) is 0 Å². The van der Waals surface area contributed by atoms with Gasteiger partial charge in [-0.05, 0) is 48.1 Å². The van der Waals surface area contributed by atoms with Crippen LogP contribution in [0.2, 0.25) is 5.02 Å². The Balaban J connectivity index is 0.00000176. The van der Waals surface area contributed by atoms with Crippen molar-refractivity contribution in [3.63, 3.8) is 0 Å². The zero-order valence-electron chi connectivity index (χ0n) is 12.2. The third-order valence-corrected chi connectivity index (χ3v) is 4.87. The number of carbonyl (C=O) groups excluding carboxylic acids is 1. The summed E-state index contributed by atoms with van der Waals surface area (Å²) >= 11 is 7.87. The Kier molecular flexibility index (Phi) is 5.87. The number of carbonyl (C=O) groups is 1. The van der Waals surface area contributed by atoms with E-state index in [1.165, 1.54) is 10.4 Å². The molecule has 0 bridgehead atoms. The van der Waals surface area contributed by atoms with Crippen molar-refractivity contribution in [2.75, 3.05) is 13.1 Å². The molecule has 2 heterocycles. The molecule has 0 N–H and O–H groups in total. The average molecular weight is 358 g/mol. The Labute approximate surface area is 145 Å². The Hall–Kier alpha value is -1.07. The zero-order chi connectivity index (χ0) is 14.8. The molecule has 0 atom stereocenters. The number of rotatable bonds is 3. The Bertz CT molecular complexity index is 672. The Morgan fingerprint density at radius 3 is 3.00 bits per heavy atom. The van der Waals surface area contributed by atoms with Gasteiger partial charge in [-0.15, -0.1) is 23.7 Å². The maximum atomic E-state index is 12.0. The van der Waals surface area contributed by atoms with Gasteiger partial charge in [-0.2, -0.15) is 0 Å². The van der Waals surface area contributed by atoms with Crippen LogP contribution in [0.15, 0.2) is 29.6 Å². The van der Waals surface area contributed by atoms with Crippen LogP contribution in [0.4, 0.5) is 0 Å². The van der Waals surface area contributed by atoms with E-state index < -0.39 is 0 Å². The van der Waals surface area contributed by atoms with E-state index >= 15 is 0 Å². The summed E-state index contributed by atoms with van der Waals surface area (Å²) in [5.74, 6) is 0.167. The summed E-state index contributed by atoms with van der Waals surface area (Å²) < 4.78 is 5.36. The summed E-state index contributed by atoms with van der Waals surface area (Å²) in [4.78, 5) is 15.6. The fourth-order valence-electron chi connectivity index (χ4n) is 2.47. The first kappa shape index (κ1) is 17.3. The van der Waals surface area contributed by atoms with Crippen molar-refractivity contribution in [3.8, 4) is 5.75 Å². The molecule has 2 aromatic rings. The van der Waals surface area contributed by atoms with Gasteiger partial charge in [0.05, 0.1) is 11.6 Å². The second-order valence-corrected chi connectivity index (χ2v) is 6.65. The summed E-state index contributed by atoms with van der Waals surface area (Å²) in [7, 11) is 0. The highest BCUT2D eigenvalue weighted by Gasteiger charge is 2.20. The van der Waals surface area contributed by atoms with Gasteiger partial charge in [-0.3, -0.25) is 9.69 Å². The second-order valence-electron chi connectivity index (χ2n) is 5.24. The van der Waals surface area contributed by atoms with Crippen LogP contribution in [-0.2, 0) is 17.8 Å². The van der Waals surface area contributed by atoms with E-state index in [4.69, 9.17) is 16.3 Å². The van der Waals surface area contributed by atoms with Crippen molar-refractivity contribution in [2.45, 2.75) is 19.9 Å². The van der Waals surface area contributed by atoms with Crippen molar-refractivity contribution < 1.29 is 9.53 Å². The van der Waals surface area contributed by atoms with Gasteiger partial charge in [0.1, 0.15) is 5.75 Å². The lowest BCUT2D eigenvalue weighted by molar-refractivity contribution is -0.135. The van der Waals surface area contributed by atoms with Gasteiger partial charge in [0.2, 0.25) is 0 Å². The number of ether oxygens (including phenoxy) is 1. The minimum atomic E-state index is -0.264. The first-order valence-electron chi connectivity index (χ1n) is 6.86. The topological polar surface area (TPSA) is 29.5 Å². The molecule has 1 aliphatic rings. The van der Waals surface area contributed by atoms with Crippen LogP contribution in [0.1, 0.15) is 16.0 Å². The highest BCUT2D eigenvalue weighted by molar-refractivity contribution is 7.10. The number of hydrogen-bond acceptors (Lipinski definition) is 4. The van der Waals surface area contributed by atoms with Gasteiger partial charge in [0, 0.05) is 18.0 Å². The van der Waals surface area contributed by atoms with Crippen LogP contribution in [-0.4, -0.2) is 24.0 Å². The number of benzene rings is 1. The highest BCUT2D eigenvalue weighted by Crippen LogP contribution is 2.26. The van der Waals surface area contributed by atoms with E-state index in [2.05, 4.69) is 16.3 Å². The van der Waals surface area contributed by atoms with Crippen LogP contribution in [0.3, 0.4) is 0 Å². The average Bonchev–Trinajstić information content (AvgIpc) is 2.89. The maximum Gasteiger partial charge on any atom is 0.325 e. The molecule has 1 aromatic heterocycles. The van der Waals surface area contributed by atoms with E-state index in [-0.39, 0.29) is 18.4 Å². The lowest BCUT2D eigenvalue weighted by atomic mass is 10.1. The van der Waals surface area contributed by atoms with E-state index in [0.29, 0.717) is 17.3 Å². The van der Waals surface area contributed by atoms with E-state index in [1.807, 2.05) is 13.0 Å². The lowest BCUT2D eigenvalue weighted by Gasteiger charge is -2.25. The summed E-state index contributed by atoms with van der Waals surface area (Å²) in [6, 6.07) is 7.55. The number of halogens is 2. The fraction of sp³-hybridized carbons (Fsp3) is 0.312. The highest BCUT2D eigenvalue weighted by atomic mass is 35.5. The Morgan fingerprint density at radius 1 is 1.41 bits per heavy atom. The molecule has 6 heteroatoms. The third-order valence-electron chi connectivity index (χ3n) is 3.55. The minimum Gasteiger partial charge on any atom is -0.424 e. The summed E-state index contributed by atoms with van der Waals surface area (Å²) in [5, 5.41) is 2.58. The number of esters is 1. The number of nitrogens with zero attached hydrogens (tertiary/aromatic N) is 1. The summed E-state index contributed by atoms with van der Waals surface area (Å²) in [5.41, 5.74) is 2.37. The molecule has 22 heavy (non-hydrogen) atoms. The summed E-state index contributed by atoms with van der Waals surface area (Å²) in [6.07, 6.45) is 1.01. The van der Waals surface area contributed by atoms with Crippen LogP contribution in [0, 0.1) is 6.92 Å². The van der Waals surface area contributed by atoms with E-state index in [0.717, 1.165) is 25.1 Å². The normalized spacial score (nSPS) is 14.1. The lowest BCUT2D eigenvalue weighted by Crippen LogP contribution is -2.35. The van der Waals surface area contributed by atoms with Gasteiger partial charge in [-0.25, -0.2) is 0 Å². The monoisotopic (exact) mass is 357 g/mol. The molecule has 0 radical (unpaired) electrons. The first-order chi connectivity index (χ1) is 10.1. The molecule has 3 rings (SSSR count). The van der Waals surface area contributed by atoms with Gasteiger partial charge in [0.25, 0.3) is 0 Å². The van der Waals surface area contributed by atoms with Crippen molar-refractivity contribution in [1.82, 2.24) is 4.90 Å². The molecule has 0 saturated carbocycles. The molecule has 0 unspecified atom stereocenters.